The Hall–Kier alpha value is -0.0400. The van der Waals surface area contributed by atoms with E-state index in [0.717, 1.165) is 18.8 Å². The van der Waals surface area contributed by atoms with Crippen molar-refractivity contribution in [3.8, 4) is 0 Å². The lowest BCUT2D eigenvalue weighted by molar-refractivity contribution is 0.00689. The molecule has 0 aromatic rings. The van der Waals surface area contributed by atoms with Crippen LogP contribution in [0, 0.1) is 5.92 Å². The minimum atomic E-state index is -0.343. The summed E-state index contributed by atoms with van der Waals surface area (Å²) in [6.07, 6.45) is 7.15. The second-order valence-corrected chi connectivity index (χ2v) is 4.23. The molecule has 0 saturated heterocycles. The molecule has 1 nitrogen and oxygen atoms in total. The zero-order valence-electron chi connectivity index (χ0n) is 7.77. The summed E-state index contributed by atoms with van der Waals surface area (Å²) >= 11 is 0. The molecule has 1 fully saturated rings. The van der Waals surface area contributed by atoms with Gasteiger partial charge in [-0.3, -0.25) is 0 Å². The van der Waals surface area contributed by atoms with Gasteiger partial charge >= 0.3 is 0 Å². The Morgan fingerprint density at radius 1 is 1.36 bits per heavy atom. The van der Waals surface area contributed by atoms with Gasteiger partial charge in [-0.2, -0.15) is 0 Å². The Kier molecular flexibility index (Phi) is 2.94. The Labute approximate surface area is 69.8 Å². The normalized spacial score (nSPS) is 39.0. The van der Waals surface area contributed by atoms with Crippen molar-refractivity contribution in [3.63, 3.8) is 0 Å². The fourth-order valence-corrected chi connectivity index (χ4v) is 2.00. The molecule has 0 radical (unpaired) electrons. The molecule has 11 heavy (non-hydrogen) atoms. The second-order valence-electron chi connectivity index (χ2n) is 4.23. The summed E-state index contributed by atoms with van der Waals surface area (Å²) in [6.45, 7) is 4.21. The standard InChI is InChI=1S/C10H20O/c1-3-4-9-5-7-10(2,11)8-6-9/h9,11H,3-8H2,1-2H3. The SMILES string of the molecule is CCCC1CCC(C)(O)CC1. The van der Waals surface area contributed by atoms with Crippen molar-refractivity contribution in [1.29, 1.82) is 0 Å². The van der Waals surface area contributed by atoms with Gasteiger partial charge in [-0.05, 0) is 38.5 Å². The average molecular weight is 156 g/mol. The smallest absolute Gasteiger partial charge is 0.0620 e. The van der Waals surface area contributed by atoms with Crippen molar-refractivity contribution in [2.24, 2.45) is 5.92 Å². The van der Waals surface area contributed by atoms with Gasteiger partial charge in [0, 0.05) is 0 Å². The Morgan fingerprint density at radius 3 is 2.36 bits per heavy atom. The molecule has 0 unspecified atom stereocenters. The number of rotatable bonds is 2. The van der Waals surface area contributed by atoms with E-state index in [2.05, 4.69) is 6.92 Å². The van der Waals surface area contributed by atoms with Crippen LogP contribution in [0.5, 0.6) is 0 Å². The van der Waals surface area contributed by atoms with Crippen molar-refractivity contribution in [2.45, 2.75) is 58.0 Å². The third-order valence-electron chi connectivity index (χ3n) is 2.88. The maximum absolute atomic E-state index is 9.66. The summed E-state index contributed by atoms with van der Waals surface area (Å²) in [5.41, 5.74) is -0.343. The lowest BCUT2D eigenvalue weighted by Crippen LogP contribution is -2.30. The average Bonchev–Trinajstić information content (AvgIpc) is 1.94. The molecule has 0 aliphatic heterocycles. The summed E-state index contributed by atoms with van der Waals surface area (Å²) in [5.74, 6) is 0.903. The first kappa shape index (κ1) is 9.05. The van der Waals surface area contributed by atoms with Crippen molar-refractivity contribution in [1.82, 2.24) is 0 Å². The summed E-state index contributed by atoms with van der Waals surface area (Å²) in [5, 5.41) is 9.66. The molecule has 1 aliphatic rings. The van der Waals surface area contributed by atoms with Crippen LogP contribution in [-0.2, 0) is 0 Å². The van der Waals surface area contributed by atoms with Gasteiger partial charge in [-0.15, -0.1) is 0 Å². The van der Waals surface area contributed by atoms with Crippen LogP contribution in [0.2, 0.25) is 0 Å². The van der Waals surface area contributed by atoms with E-state index in [-0.39, 0.29) is 5.60 Å². The first-order valence-electron chi connectivity index (χ1n) is 4.86. The molecule has 0 bridgehead atoms. The van der Waals surface area contributed by atoms with Gasteiger partial charge in [-0.1, -0.05) is 19.8 Å². The van der Waals surface area contributed by atoms with E-state index >= 15 is 0 Å². The third kappa shape index (κ3) is 2.82. The van der Waals surface area contributed by atoms with Gasteiger partial charge in [0.25, 0.3) is 0 Å². The van der Waals surface area contributed by atoms with Crippen molar-refractivity contribution in [3.05, 3.63) is 0 Å². The number of aliphatic hydroxyl groups is 1. The topological polar surface area (TPSA) is 20.2 Å². The minimum Gasteiger partial charge on any atom is -0.390 e. The molecule has 0 aromatic carbocycles. The van der Waals surface area contributed by atoms with Gasteiger partial charge in [0.15, 0.2) is 0 Å². The van der Waals surface area contributed by atoms with Crippen LogP contribution in [0.25, 0.3) is 0 Å². The molecule has 1 N–H and O–H groups in total. The summed E-state index contributed by atoms with van der Waals surface area (Å²) in [7, 11) is 0. The molecule has 1 aliphatic carbocycles. The fourth-order valence-electron chi connectivity index (χ4n) is 2.00. The van der Waals surface area contributed by atoms with Gasteiger partial charge in [0.05, 0.1) is 5.60 Å². The highest BCUT2D eigenvalue weighted by Crippen LogP contribution is 2.33. The Bertz CT molecular complexity index is 108. The van der Waals surface area contributed by atoms with Crippen molar-refractivity contribution < 1.29 is 5.11 Å². The molecule has 0 aromatic heterocycles. The highest BCUT2D eigenvalue weighted by Gasteiger charge is 2.27. The first-order chi connectivity index (χ1) is 5.14. The lowest BCUT2D eigenvalue weighted by atomic mass is 9.78. The maximum atomic E-state index is 9.66. The van der Waals surface area contributed by atoms with Crippen LogP contribution >= 0.6 is 0 Å². The summed E-state index contributed by atoms with van der Waals surface area (Å²) in [4.78, 5) is 0. The summed E-state index contributed by atoms with van der Waals surface area (Å²) < 4.78 is 0. The van der Waals surface area contributed by atoms with E-state index in [9.17, 15) is 5.11 Å². The quantitative estimate of drug-likeness (QED) is 0.651. The minimum absolute atomic E-state index is 0.343. The van der Waals surface area contributed by atoms with Gasteiger partial charge in [0.2, 0.25) is 0 Å². The Morgan fingerprint density at radius 2 is 1.91 bits per heavy atom. The van der Waals surface area contributed by atoms with Crippen LogP contribution in [-0.4, -0.2) is 10.7 Å². The molecule has 0 spiro atoms. The molecule has 1 rings (SSSR count). The van der Waals surface area contributed by atoms with E-state index in [1.54, 1.807) is 0 Å². The molecule has 1 saturated carbocycles. The highest BCUT2D eigenvalue weighted by molar-refractivity contribution is 4.80. The molecule has 0 heterocycles. The zero-order chi connectivity index (χ0) is 8.32. The second kappa shape index (κ2) is 3.57. The van der Waals surface area contributed by atoms with Gasteiger partial charge < -0.3 is 5.11 Å². The number of hydrogen-bond donors (Lipinski definition) is 1. The molecular formula is C10H20O. The predicted octanol–water partition coefficient (Wildman–Crippen LogP) is 2.73. The number of hydrogen-bond acceptors (Lipinski definition) is 1. The van der Waals surface area contributed by atoms with Crippen molar-refractivity contribution >= 4 is 0 Å². The maximum Gasteiger partial charge on any atom is 0.0620 e. The van der Waals surface area contributed by atoms with E-state index in [1.165, 1.54) is 25.7 Å². The molecule has 66 valence electrons. The van der Waals surface area contributed by atoms with Gasteiger partial charge in [0.1, 0.15) is 0 Å². The predicted molar refractivity (Wildman–Crippen MR) is 47.5 cm³/mol. The Balaban J connectivity index is 2.25. The van der Waals surface area contributed by atoms with Crippen LogP contribution in [0.15, 0.2) is 0 Å². The molecule has 1 heteroatoms. The van der Waals surface area contributed by atoms with E-state index in [1.807, 2.05) is 6.92 Å². The molecule has 0 atom stereocenters. The monoisotopic (exact) mass is 156 g/mol. The molecule has 0 amide bonds. The van der Waals surface area contributed by atoms with E-state index in [4.69, 9.17) is 0 Å². The zero-order valence-corrected chi connectivity index (χ0v) is 7.77. The van der Waals surface area contributed by atoms with E-state index in [0.29, 0.717) is 0 Å². The highest BCUT2D eigenvalue weighted by atomic mass is 16.3. The fraction of sp³-hybridized carbons (Fsp3) is 1.00. The lowest BCUT2D eigenvalue weighted by Gasteiger charge is -2.32. The first-order valence-corrected chi connectivity index (χ1v) is 4.86. The van der Waals surface area contributed by atoms with Crippen LogP contribution in [0.3, 0.4) is 0 Å². The van der Waals surface area contributed by atoms with Crippen LogP contribution < -0.4 is 0 Å². The largest absolute Gasteiger partial charge is 0.390 e. The van der Waals surface area contributed by atoms with Crippen LogP contribution in [0.4, 0.5) is 0 Å². The van der Waals surface area contributed by atoms with Crippen molar-refractivity contribution in [2.75, 3.05) is 0 Å². The molecular weight excluding hydrogens is 136 g/mol. The third-order valence-corrected chi connectivity index (χ3v) is 2.88. The van der Waals surface area contributed by atoms with E-state index < -0.39 is 0 Å². The van der Waals surface area contributed by atoms with Gasteiger partial charge in [-0.25, -0.2) is 0 Å². The summed E-state index contributed by atoms with van der Waals surface area (Å²) in [6, 6.07) is 0. The van der Waals surface area contributed by atoms with Crippen LogP contribution in [0.1, 0.15) is 52.4 Å².